The number of aliphatic hydroxyl groups excluding tert-OH is 2. The Balaban J connectivity index is 3.67. The molecule has 0 aromatic heterocycles. The van der Waals surface area contributed by atoms with Gasteiger partial charge < -0.3 is 15.5 Å². The molecule has 0 aromatic rings. The third-order valence-corrected chi connectivity index (χ3v) is 10.3. The van der Waals surface area contributed by atoms with Crippen molar-refractivity contribution >= 4 is 5.91 Å². The van der Waals surface area contributed by atoms with Gasteiger partial charge in [0.25, 0.3) is 0 Å². The molecule has 0 radical (unpaired) electrons. The Kier molecular flexibility index (Phi) is 48.5. The molecule has 4 heteroatoms. The topological polar surface area (TPSA) is 69.6 Å². The van der Waals surface area contributed by atoms with Crippen LogP contribution in [0.15, 0.2) is 146 Å². The van der Waals surface area contributed by atoms with Gasteiger partial charge in [0.15, 0.2) is 0 Å². The molecule has 348 valence electrons. The molecule has 0 aliphatic rings. The minimum Gasteiger partial charge on any atom is -0.394 e. The molecule has 2 atom stereocenters. The number of aliphatic hydroxyl groups is 2. The van der Waals surface area contributed by atoms with Crippen molar-refractivity contribution in [3.63, 3.8) is 0 Å². The Morgan fingerprint density at radius 2 is 0.726 bits per heavy atom. The quantitative estimate of drug-likeness (QED) is 0.0423. The highest BCUT2D eigenvalue weighted by atomic mass is 16.3. The lowest BCUT2D eigenvalue weighted by molar-refractivity contribution is -0.123. The van der Waals surface area contributed by atoms with Gasteiger partial charge in [-0.1, -0.05) is 224 Å². The normalized spacial score (nSPS) is 14.2. The lowest BCUT2D eigenvalue weighted by Gasteiger charge is -2.19. The SMILES string of the molecule is CC/C=C\C/C=C\C/C=C\C/C=C\C/C=C\C/C=C\C/C=C\C/C=C\C/C=C\C/C=C\CCCCCCCCCCC(=O)NC(CO)C(O)/C=C/CC/C=C/CCCCCCC. The maximum absolute atomic E-state index is 12.4. The largest absolute Gasteiger partial charge is 0.394 e. The highest BCUT2D eigenvalue weighted by Crippen LogP contribution is 2.12. The van der Waals surface area contributed by atoms with Crippen molar-refractivity contribution in [3.05, 3.63) is 146 Å². The monoisotopic (exact) mass is 852 g/mol. The van der Waals surface area contributed by atoms with Gasteiger partial charge in [-0.2, -0.15) is 0 Å². The summed E-state index contributed by atoms with van der Waals surface area (Å²) >= 11 is 0. The fourth-order valence-electron chi connectivity index (χ4n) is 6.51. The number of hydrogen-bond donors (Lipinski definition) is 3. The van der Waals surface area contributed by atoms with E-state index in [1.807, 2.05) is 6.08 Å². The molecule has 0 aliphatic heterocycles. The van der Waals surface area contributed by atoms with Crippen LogP contribution in [0.25, 0.3) is 0 Å². The van der Waals surface area contributed by atoms with Crippen LogP contribution in [0.2, 0.25) is 0 Å². The number of amides is 1. The van der Waals surface area contributed by atoms with Crippen LogP contribution >= 0.6 is 0 Å². The van der Waals surface area contributed by atoms with E-state index in [0.717, 1.165) is 109 Å². The minimum atomic E-state index is -0.873. The van der Waals surface area contributed by atoms with Crippen molar-refractivity contribution in [2.75, 3.05) is 6.61 Å². The van der Waals surface area contributed by atoms with Gasteiger partial charge >= 0.3 is 0 Å². The van der Waals surface area contributed by atoms with Crippen molar-refractivity contribution in [1.82, 2.24) is 5.32 Å². The van der Waals surface area contributed by atoms with Crippen molar-refractivity contribution in [2.24, 2.45) is 0 Å². The first-order valence-electron chi connectivity index (χ1n) is 25.0. The van der Waals surface area contributed by atoms with Crippen molar-refractivity contribution in [3.8, 4) is 0 Å². The van der Waals surface area contributed by atoms with Gasteiger partial charge in [-0.15, -0.1) is 0 Å². The van der Waals surface area contributed by atoms with Gasteiger partial charge in [0.2, 0.25) is 5.91 Å². The van der Waals surface area contributed by atoms with E-state index < -0.39 is 12.1 Å². The van der Waals surface area contributed by atoms with Gasteiger partial charge in [0, 0.05) is 6.42 Å². The van der Waals surface area contributed by atoms with E-state index in [4.69, 9.17) is 0 Å². The summed E-state index contributed by atoms with van der Waals surface area (Å²) < 4.78 is 0. The van der Waals surface area contributed by atoms with Crippen LogP contribution in [-0.2, 0) is 4.79 Å². The Morgan fingerprint density at radius 1 is 0.403 bits per heavy atom. The molecule has 0 spiro atoms. The maximum Gasteiger partial charge on any atom is 0.220 e. The summed E-state index contributed by atoms with van der Waals surface area (Å²) in [5.74, 6) is -0.0916. The molecule has 0 fully saturated rings. The summed E-state index contributed by atoms with van der Waals surface area (Å²) in [5.41, 5.74) is 0. The Morgan fingerprint density at radius 3 is 1.13 bits per heavy atom. The number of unbranched alkanes of at least 4 members (excludes halogenated alkanes) is 14. The Hall–Kier alpha value is -3.73. The van der Waals surface area contributed by atoms with E-state index in [-0.39, 0.29) is 12.5 Å². The second kappa shape index (κ2) is 51.6. The fourth-order valence-corrected chi connectivity index (χ4v) is 6.51. The van der Waals surface area contributed by atoms with Crippen molar-refractivity contribution in [1.29, 1.82) is 0 Å². The third kappa shape index (κ3) is 47.3. The van der Waals surface area contributed by atoms with Gasteiger partial charge in [0.1, 0.15) is 0 Å². The number of carbonyl (C=O) groups is 1. The summed E-state index contributed by atoms with van der Waals surface area (Å²) in [6.07, 6.45) is 82.6. The lowest BCUT2D eigenvalue weighted by Crippen LogP contribution is -2.45. The molecule has 1 amide bonds. The third-order valence-electron chi connectivity index (χ3n) is 10.3. The first kappa shape index (κ1) is 58.3. The fraction of sp³-hybridized carbons (Fsp3) is 0.569. The van der Waals surface area contributed by atoms with Crippen LogP contribution in [-0.4, -0.2) is 34.9 Å². The first-order valence-corrected chi connectivity index (χ1v) is 25.0. The molecule has 0 heterocycles. The summed E-state index contributed by atoms with van der Waals surface area (Å²) in [6.45, 7) is 4.13. The van der Waals surface area contributed by atoms with E-state index in [9.17, 15) is 15.0 Å². The summed E-state index contributed by atoms with van der Waals surface area (Å²) in [6, 6.07) is -0.652. The van der Waals surface area contributed by atoms with Crippen LogP contribution in [0.5, 0.6) is 0 Å². The van der Waals surface area contributed by atoms with Gasteiger partial charge in [-0.3, -0.25) is 4.79 Å². The predicted molar refractivity (Wildman–Crippen MR) is 275 cm³/mol. The van der Waals surface area contributed by atoms with Crippen LogP contribution in [0, 0.1) is 0 Å². The standard InChI is InChI=1S/C58H93NO3/c1-3-5-7-9-11-13-15-16-17-18-19-20-21-22-23-24-25-26-27-28-29-30-31-32-33-34-35-36-37-38-39-40-41-42-44-46-48-50-52-54-58(62)59-56(55-60)57(61)53-51-49-47-45-43-14-12-10-8-6-4-2/h5,7,11,13,16-17,19-20,22-23,25-26,28-29,31-32,34-35,37-38,43,45,51,53,56-57,60-61H,3-4,6,8-10,12,14-15,18,21,24,27,30,33,36,39-42,44,46-50,52,54-55H2,1-2H3,(H,59,62)/b7-5-,13-11-,17-16-,20-19-,23-22-,26-25-,29-28-,32-31-,35-34-,38-37-,45-43+,53-51+. The molecule has 4 nitrogen and oxygen atoms in total. The van der Waals surface area contributed by atoms with Crippen LogP contribution < -0.4 is 5.32 Å². The zero-order valence-electron chi connectivity index (χ0n) is 39.8. The zero-order valence-corrected chi connectivity index (χ0v) is 39.8. The molecule has 0 saturated carbocycles. The highest BCUT2D eigenvalue weighted by Gasteiger charge is 2.17. The Bertz CT molecular complexity index is 1330. The Labute approximate surface area is 383 Å². The zero-order chi connectivity index (χ0) is 44.9. The second-order valence-electron chi connectivity index (χ2n) is 16.1. The van der Waals surface area contributed by atoms with Crippen LogP contribution in [0.1, 0.15) is 194 Å². The number of hydrogen-bond acceptors (Lipinski definition) is 3. The molecule has 0 bridgehead atoms. The summed E-state index contributed by atoms with van der Waals surface area (Å²) in [7, 11) is 0. The van der Waals surface area contributed by atoms with Crippen LogP contribution in [0.4, 0.5) is 0 Å². The molecule has 3 N–H and O–H groups in total. The number of nitrogens with one attached hydrogen (secondary N) is 1. The molecule has 0 saturated heterocycles. The number of carbonyl (C=O) groups excluding carboxylic acids is 1. The van der Waals surface area contributed by atoms with Gasteiger partial charge in [-0.05, 0) is 109 Å². The van der Waals surface area contributed by atoms with Gasteiger partial charge in [-0.25, -0.2) is 0 Å². The maximum atomic E-state index is 12.4. The minimum absolute atomic E-state index is 0.0916. The van der Waals surface area contributed by atoms with Crippen molar-refractivity contribution < 1.29 is 15.0 Å². The number of rotatable bonds is 43. The second-order valence-corrected chi connectivity index (χ2v) is 16.1. The van der Waals surface area contributed by atoms with E-state index in [2.05, 4.69) is 153 Å². The summed E-state index contributed by atoms with van der Waals surface area (Å²) in [4.78, 5) is 12.4. The van der Waals surface area contributed by atoms with Gasteiger partial charge in [0.05, 0.1) is 18.8 Å². The lowest BCUT2D eigenvalue weighted by atomic mass is 10.1. The molecular weight excluding hydrogens is 759 g/mol. The van der Waals surface area contributed by atoms with E-state index in [1.165, 1.54) is 64.2 Å². The molecule has 0 aliphatic carbocycles. The van der Waals surface area contributed by atoms with E-state index in [1.54, 1.807) is 6.08 Å². The van der Waals surface area contributed by atoms with E-state index in [0.29, 0.717) is 6.42 Å². The van der Waals surface area contributed by atoms with Crippen LogP contribution in [0.3, 0.4) is 0 Å². The number of allylic oxidation sites excluding steroid dienone is 23. The first-order chi connectivity index (χ1) is 30.7. The molecule has 2 unspecified atom stereocenters. The van der Waals surface area contributed by atoms with Crippen molar-refractivity contribution in [2.45, 2.75) is 206 Å². The summed E-state index contributed by atoms with van der Waals surface area (Å²) in [5, 5.41) is 22.9. The predicted octanol–water partition coefficient (Wildman–Crippen LogP) is 16.5. The average molecular weight is 852 g/mol. The molecule has 0 aromatic carbocycles. The van der Waals surface area contributed by atoms with E-state index >= 15 is 0 Å². The molecule has 0 rings (SSSR count). The molecule has 62 heavy (non-hydrogen) atoms. The average Bonchev–Trinajstić information content (AvgIpc) is 3.28. The molecular formula is C58H93NO3. The highest BCUT2D eigenvalue weighted by molar-refractivity contribution is 5.76. The smallest absolute Gasteiger partial charge is 0.220 e.